The highest BCUT2D eigenvalue weighted by atomic mass is 35.5. The van der Waals surface area contributed by atoms with E-state index in [-0.39, 0.29) is 28.8 Å². The fourth-order valence-electron chi connectivity index (χ4n) is 4.57. The minimum Gasteiger partial charge on any atom is -0.433 e. The van der Waals surface area contributed by atoms with Crippen molar-refractivity contribution in [3.63, 3.8) is 0 Å². The molecule has 0 radical (unpaired) electrons. The van der Waals surface area contributed by atoms with E-state index in [9.17, 15) is 19.2 Å². The Bertz CT molecular complexity index is 1030. The number of cyclic esters (lactones) is 1. The quantitative estimate of drug-likeness (QED) is 0.464. The maximum absolute atomic E-state index is 13.7. The minimum absolute atomic E-state index is 0.00166. The highest BCUT2D eigenvalue weighted by molar-refractivity contribution is 6.34. The van der Waals surface area contributed by atoms with Gasteiger partial charge in [-0.1, -0.05) is 38.4 Å². The van der Waals surface area contributed by atoms with Crippen LogP contribution in [0.4, 0.5) is 0 Å². The van der Waals surface area contributed by atoms with Crippen LogP contribution < -0.4 is 10.6 Å². The van der Waals surface area contributed by atoms with Gasteiger partial charge in [-0.3, -0.25) is 19.2 Å². The normalized spacial score (nSPS) is 22.5. The molecule has 2 aliphatic heterocycles. The van der Waals surface area contributed by atoms with E-state index in [2.05, 4.69) is 10.6 Å². The molecule has 1 aromatic rings. The van der Waals surface area contributed by atoms with Crippen molar-refractivity contribution < 1.29 is 33.4 Å². The summed E-state index contributed by atoms with van der Waals surface area (Å²) in [5, 5.41) is 5.91. The summed E-state index contributed by atoms with van der Waals surface area (Å²) in [7, 11) is 1.57. The molecule has 0 spiro atoms. The van der Waals surface area contributed by atoms with Gasteiger partial charge in [0.25, 0.3) is 5.91 Å². The van der Waals surface area contributed by atoms with Crippen LogP contribution in [0.25, 0.3) is 0 Å². The Balaban J connectivity index is 1.74. The molecule has 2 saturated heterocycles. The van der Waals surface area contributed by atoms with Gasteiger partial charge in [0.1, 0.15) is 18.1 Å². The molecule has 2 heterocycles. The summed E-state index contributed by atoms with van der Waals surface area (Å²) < 4.78 is 15.7. The van der Waals surface area contributed by atoms with Crippen LogP contribution in [0, 0.1) is 5.41 Å². The minimum atomic E-state index is -0.907. The van der Waals surface area contributed by atoms with Crippen molar-refractivity contribution in [3.8, 4) is 0 Å². The summed E-state index contributed by atoms with van der Waals surface area (Å²) in [5.74, 6) is -1.67. The lowest BCUT2D eigenvalue weighted by molar-refractivity contribution is -0.164. The van der Waals surface area contributed by atoms with E-state index in [0.29, 0.717) is 32.6 Å². The number of hydrogen-bond acceptors (Lipinski definition) is 7. The molecule has 11 heteroatoms. The highest BCUT2D eigenvalue weighted by Gasteiger charge is 2.44. The Morgan fingerprint density at radius 3 is 2.62 bits per heavy atom. The maximum Gasteiger partial charge on any atom is 0.310 e. The maximum atomic E-state index is 13.7. The third-order valence-corrected chi connectivity index (χ3v) is 6.75. The number of nitrogens with one attached hydrogen (secondary N) is 2. The molecule has 4 atom stereocenters. The van der Waals surface area contributed by atoms with E-state index in [1.807, 2.05) is 20.8 Å². The van der Waals surface area contributed by atoms with Crippen molar-refractivity contribution in [2.45, 2.75) is 78.0 Å². The monoisotopic (exact) mass is 537 g/mol. The standard InChI is InChI=1S/C26H36ClN3O7/c1-6-36-25-18(13-20(31)37-25)28-23(33)19-8-7-11-30(19)24(34)21(26(2,3)4)29-22(32)16-10-9-15(14-35-5)12-17(16)27/h9-10,12,18-19,21,25H,6-8,11,13-14H2,1-5H3,(H,28,33)(H,29,32)/t18-,19-,21+,25+/m0/s1. The number of ether oxygens (including phenoxy) is 3. The van der Waals surface area contributed by atoms with Crippen LogP contribution in [0.5, 0.6) is 0 Å². The number of esters is 1. The molecule has 0 saturated carbocycles. The van der Waals surface area contributed by atoms with Gasteiger partial charge >= 0.3 is 5.97 Å². The van der Waals surface area contributed by atoms with Crippen LogP contribution in [-0.2, 0) is 35.2 Å². The first-order valence-corrected chi connectivity index (χ1v) is 12.8. The highest BCUT2D eigenvalue weighted by Crippen LogP contribution is 2.28. The Labute approximate surface area is 222 Å². The molecule has 0 aromatic heterocycles. The van der Waals surface area contributed by atoms with Crippen molar-refractivity contribution in [1.29, 1.82) is 0 Å². The van der Waals surface area contributed by atoms with Crippen molar-refractivity contribution in [1.82, 2.24) is 15.5 Å². The van der Waals surface area contributed by atoms with E-state index in [0.717, 1.165) is 5.56 Å². The number of amides is 3. The molecule has 3 amide bonds. The lowest BCUT2D eigenvalue weighted by Crippen LogP contribution is -2.58. The van der Waals surface area contributed by atoms with Crippen LogP contribution in [0.2, 0.25) is 5.02 Å². The number of carbonyl (C=O) groups is 4. The van der Waals surface area contributed by atoms with Gasteiger partial charge in [0.15, 0.2) is 0 Å². The zero-order valence-corrected chi connectivity index (χ0v) is 22.7. The molecule has 2 aliphatic rings. The number of rotatable bonds is 9. The van der Waals surface area contributed by atoms with E-state index in [4.69, 9.17) is 25.8 Å². The number of halogens is 1. The second-order valence-corrected chi connectivity index (χ2v) is 10.7. The summed E-state index contributed by atoms with van der Waals surface area (Å²) in [6.45, 7) is 8.36. The van der Waals surface area contributed by atoms with Crippen molar-refractivity contribution in [2.75, 3.05) is 20.3 Å². The van der Waals surface area contributed by atoms with Crippen LogP contribution in [0.3, 0.4) is 0 Å². The van der Waals surface area contributed by atoms with Gasteiger partial charge in [-0.05, 0) is 42.9 Å². The van der Waals surface area contributed by atoms with E-state index in [1.165, 1.54) is 4.90 Å². The number of nitrogens with zero attached hydrogens (tertiary/aromatic N) is 1. The number of benzene rings is 1. The molecule has 1 aromatic carbocycles. The topological polar surface area (TPSA) is 123 Å². The first-order valence-electron chi connectivity index (χ1n) is 12.5. The second-order valence-electron chi connectivity index (χ2n) is 10.3. The zero-order valence-electron chi connectivity index (χ0n) is 22.0. The third kappa shape index (κ3) is 7.00. The first kappa shape index (κ1) is 28.9. The van der Waals surface area contributed by atoms with Gasteiger partial charge in [0, 0.05) is 20.3 Å². The van der Waals surface area contributed by atoms with Gasteiger partial charge in [-0.2, -0.15) is 0 Å². The van der Waals surface area contributed by atoms with Gasteiger partial charge in [-0.25, -0.2) is 0 Å². The van der Waals surface area contributed by atoms with Gasteiger partial charge < -0.3 is 29.7 Å². The van der Waals surface area contributed by atoms with Crippen LogP contribution in [0.1, 0.15) is 62.9 Å². The predicted molar refractivity (Wildman–Crippen MR) is 136 cm³/mol. The summed E-state index contributed by atoms with van der Waals surface area (Å²) in [4.78, 5) is 53.3. The molecule has 2 fully saturated rings. The van der Waals surface area contributed by atoms with Crippen LogP contribution >= 0.6 is 11.6 Å². The third-order valence-electron chi connectivity index (χ3n) is 6.44. The number of methoxy groups -OCH3 is 1. The largest absolute Gasteiger partial charge is 0.433 e. The van der Waals surface area contributed by atoms with E-state index >= 15 is 0 Å². The summed E-state index contributed by atoms with van der Waals surface area (Å²) >= 11 is 6.35. The van der Waals surface area contributed by atoms with E-state index < -0.39 is 41.7 Å². The lowest BCUT2D eigenvalue weighted by atomic mass is 9.85. The Kier molecular flexibility index (Phi) is 9.55. The van der Waals surface area contributed by atoms with Gasteiger partial charge in [0.2, 0.25) is 18.1 Å². The number of carbonyl (C=O) groups excluding carboxylic acids is 4. The molecule has 0 aliphatic carbocycles. The lowest BCUT2D eigenvalue weighted by Gasteiger charge is -2.35. The summed E-state index contributed by atoms with van der Waals surface area (Å²) in [5.41, 5.74) is 0.413. The van der Waals surface area contributed by atoms with Crippen molar-refractivity contribution >= 4 is 35.3 Å². The molecule has 0 bridgehead atoms. The van der Waals surface area contributed by atoms with Gasteiger partial charge in [-0.15, -0.1) is 0 Å². The number of hydrogen-bond donors (Lipinski definition) is 2. The van der Waals surface area contributed by atoms with Crippen molar-refractivity contribution in [3.05, 3.63) is 34.3 Å². The average Bonchev–Trinajstić information content (AvgIpc) is 3.43. The molecular formula is C26H36ClN3O7. The smallest absolute Gasteiger partial charge is 0.310 e. The van der Waals surface area contributed by atoms with Gasteiger partial charge in [0.05, 0.1) is 23.6 Å². The fraction of sp³-hybridized carbons (Fsp3) is 0.615. The number of likely N-dealkylation sites (tertiary alicyclic amines) is 1. The average molecular weight is 538 g/mol. The Hall–Kier alpha value is -2.69. The first-order chi connectivity index (χ1) is 17.5. The van der Waals surface area contributed by atoms with Crippen LogP contribution in [0.15, 0.2) is 18.2 Å². The molecule has 10 nitrogen and oxygen atoms in total. The van der Waals surface area contributed by atoms with Crippen LogP contribution in [-0.4, -0.2) is 73.3 Å². The second kappa shape index (κ2) is 12.2. The predicted octanol–water partition coefficient (Wildman–Crippen LogP) is 2.42. The molecule has 37 heavy (non-hydrogen) atoms. The SMILES string of the molecule is CCO[C@@H]1OC(=O)C[C@@H]1NC(=O)[C@@H]1CCCN1C(=O)[C@@H](NC(=O)c1ccc(COC)cc1Cl)C(C)(C)C. The summed E-state index contributed by atoms with van der Waals surface area (Å²) in [6.07, 6.45) is 0.252. The zero-order chi connectivity index (χ0) is 27.3. The molecular weight excluding hydrogens is 502 g/mol. The molecule has 0 unspecified atom stereocenters. The van der Waals surface area contributed by atoms with Crippen molar-refractivity contribution in [2.24, 2.45) is 5.41 Å². The Morgan fingerprint density at radius 2 is 2.00 bits per heavy atom. The molecule has 3 rings (SSSR count). The van der Waals surface area contributed by atoms with E-state index in [1.54, 1.807) is 32.2 Å². The fourth-order valence-corrected chi connectivity index (χ4v) is 4.86. The Morgan fingerprint density at radius 1 is 1.27 bits per heavy atom. The molecule has 204 valence electrons. The molecule has 2 N–H and O–H groups in total. The summed E-state index contributed by atoms with van der Waals surface area (Å²) in [6, 6.07) is 2.73.